The molecule has 0 aliphatic carbocycles. The molecule has 152 valence electrons. The number of rotatable bonds is 8. The van der Waals surface area contributed by atoms with Gasteiger partial charge < -0.3 is 5.32 Å². The molecule has 2 aromatic carbocycles. The number of halogens is 1. The zero-order valence-corrected chi connectivity index (χ0v) is 18.1. The highest BCUT2D eigenvalue weighted by atomic mass is 35.5. The fourth-order valence-corrected chi connectivity index (χ4v) is 4.03. The first kappa shape index (κ1) is 21.4. The minimum atomic E-state index is -0.130. The monoisotopic (exact) mass is 429 g/mol. The molecule has 1 heterocycles. The van der Waals surface area contributed by atoms with Crippen molar-refractivity contribution in [2.45, 2.75) is 44.3 Å². The van der Waals surface area contributed by atoms with E-state index >= 15 is 0 Å². The minimum absolute atomic E-state index is 0.0543. The third-order valence-corrected chi connectivity index (χ3v) is 5.87. The Balaban J connectivity index is 1.84. The van der Waals surface area contributed by atoms with Gasteiger partial charge in [-0.25, -0.2) is 4.98 Å². The van der Waals surface area contributed by atoms with E-state index in [-0.39, 0.29) is 17.5 Å². The van der Waals surface area contributed by atoms with E-state index in [1.165, 1.54) is 11.8 Å². The summed E-state index contributed by atoms with van der Waals surface area (Å²) in [4.78, 5) is 29.8. The zero-order chi connectivity index (χ0) is 20.8. The van der Waals surface area contributed by atoms with E-state index in [0.29, 0.717) is 45.4 Å². The summed E-state index contributed by atoms with van der Waals surface area (Å²) in [6, 6.07) is 14.7. The van der Waals surface area contributed by atoms with Crippen molar-refractivity contribution in [3.05, 3.63) is 63.9 Å². The zero-order valence-electron chi connectivity index (χ0n) is 16.5. The number of benzene rings is 2. The van der Waals surface area contributed by atoms with Crippen molar-refractivity contribution in [2.75, 3.05) is 5.75 Å². The Kier molecular flexibility index (Phi) is 7.34. The summed E-state index contributed by atoms with van der Waals surface area (Å²) >= 11 is 7.62. The smallest absolute Gasteiger partial charge is 0.266 e. The maximum atomic E-state index is 13.2. The van der Waals surface area contributed by atoms with E-state index in [9.17, 15) is 9.59 Å². The van der Waals surface area contributed by atoms with Gasteiger partial charge in [0.2, 0.25) is 5.91 Å². The lowest BCUT2D eigenvalue weighted by Crippen LogP contribution is -2.31. The van der Waals surface area contributed by atoms with Crippen LogP contribution in [0.2, 0.25) is 5.02 Å². The molecule has 0 aliphatic heterocycles. The van der Waals surface area contributed by atoms with Crippen molar-refractivity contribution in [1.29, 1.82) is 0 Å². The van der Waals surface area contributed by atoms with Crippen LogP contribution in [-0.4, -0.2) is 27.3 Å². The first-order chi connectivity index (χ1) is 14.0. The van der Waals surface area contributed by atoms with Crippen molar-refractivity contribution in [3.8, 4) is 5.69 Å². The fourth-order valence-electron chi connectivity index (χ4n) is 2.90. The summed E-state index contributed by atoms with van der Waals surface area (Å²) in [5.41, 5.74) is 1.21. The summed E-state index contributed by atoms with van der Waals surface area (Å²) in [6.07, 6.45) is 2.06. The highest BCUT2D eigenvalue weighted by Gasteiger charge is 2.14. The number of nitrogens with zero attached hydrogens (tertiary/aromatic N) is 2. The number of nitrogens with one attached hydrogen (secondary N) is 1. The molecule has 0 saturated heterocycles. The van der Waals surface area contributed by atoms with Gasteiger partial charge in [0.25, 0.3) is 5.56 Å². The Morgan fingerprint density at radius 2 is 2.03 bits per heavy atom. The van der Waals surface area contributed by atoms with Gasteiger partial charge in [0, 0.05) is 23.2 Å². The topological polar surface area (TPSA) is 64.0 Å². The Morgan fingerprint density at radius 1 is 1.24 bits per heavy atom. The third-order valence-electron chi connectivity index (χ3n) is 4.61. The van der Waals surface area contributed by atoms with Crippen LogP contribution in [0, 0.1) is 0 Å². The molecule has 0 fully saturated rings. The molecule has 1 N–H and O–H groups in total. The summed E-state index contributed by atoms with van der Waals surface area (Å²) in [5, 5.41) is 4.68. The third kappa shape index (κ3) is 5.40. The van der Waals surface area contributed by atoms with E-state index in [1.54, 1.807) is 22.8 Å². The number of fused-ring (bicyclic) bond motifs is 1. The highest BCUT2D eigenvalue weighted by Crippen LogP contribution is 2.23. The minimum Gasteiger partial charge on any atom is -0.354 e. The average molecular weight is 430 g/mol. The molecule has 0 bridgehead atoms. The van der Waals surface area contributed by atoms with E-state index in [1.807, 2.05) is 44.2 Å². The van der Waals surface area contributed by atoms with Crippen molar-refractivity contribution in [1.82, 2.24) is 14.9 Å². The lowest BCUT2D eigenvalue weighted by molar-refractivity contribution is -0.121. The van der Waals surface area contributed by atoms with Crippen LogP contribution in [0.25, 0.3) is 16.6 Å². The predicted molar refractivity (Wildman–Crippen MR) is 120 cm³/mol. The van der Waals surface area contributed by atoms with Crippen molar-refractivity contribution in [3.63, 3.8) is 0 Å². The Hall–Kier alpha value is -2.31. The van der Waals surface area contributed by atoms with E-state index in [0.717, 1.165) is 6.42 Å². The molecule has 0 saturated carbocycles. The first-order valence-corrected chi connectivity index (χ1v) is 11.1. The molecular weight excluding hydrogens is 406 g/mol. The van der Waals surface area contributed by atoms with Gasteiger partial charge in [-0.05, 0) is 50.1 Å². The quantitative estimate of drug-likeness (QED) is 0.316. The van der Waals surface area contributed by atoms with E-state index in [2.05, 4.69) is 5.32 Å². The van der Waals surface area contributed by atoms with E-state index in [4.69, 9.17) is 16.6 Å². The number of hydrogen-bond acceptors (Lipinski definition) is 4. The molecule has 1 amide bonds. The number of aromatic nitrogens is 2. The fraction of sp³-hybridized carbons (Fsp3) is 0.318. The molecule has 1 atom stereocenters. The Morgan fingerprint density at radius 3 is 2.79 bits per heavy atom. The second-order valence-electron chi connectivity index (χ2n) is 6.86. The summed E-state index contributed by atoms with van der Waals surface area (Å²) in [5.74, 6) is 0.734. The van der Waals surface area contributed by atoms with Crippen LogP contribution in [0.3, 0.4) is 0 Å². The summed E-state index contributed by atoms with van der Waals surface area (Å²) in [6.45, 7) is 4.04. The van der Waals surface area contributed by atoms with E-state index < -0.39 is 0 Å². The van der Waals surface area contributed by atoms with Crippen LogP contribution in [0.5, 0.6) is 0 Å². The standard InChI is InChI=1S/C22H24ClN3O2S/c1-3-15(2)24-20(27)12-7-13-29-22-25-19-11-5-4-10-18(19)21(28)26(22)17-9-6-8-16(23)14-17/h4-6,8-11,14-15H,3,7,12-13H2,1-2H3,(H,24,27). The summed E-state index contributed by atoms with van der Waals surface area (Å²) < 4.78 is 1.60. The first-order valence-electron chi connectivity index (χ1n) is 9.69. The molecule has 7 heteroatoms. The van der Waals surface area contributed by atoms with Gasteiger partial charge in [0.05, 0.1) is 16.6 Å². The number of hydrogen-bond donors (Lipinski definition) is 1. The molecule has 29 heavy (non-hydrogen) atoms. The van der Waals surface area contributed by atoms with Crippen LogP contribution in [-0.2, 0) is 4.79 Å². The van der Waals surface area contributed by atoms with Gasteiger partial charge in [-0.2, -0.15) is 0 Å². The van der Waals surface area contributed by atoms with Gasteiger partial charge >= 0.3 is 0 Å². The maximum Gasteiger partial charge on any atom is 0.266 e. The molecule has 3 rings (SSSR count). The second kappa shape index (κ2) is 9.94. The Labute approximate surface area is 179 Å². The van der Waals surface area contributed by atoms with Gasteiger partial charge in [0.15, 0.2) is 5.16 Å². The van der Waals surface area contributed by atoms with Crippen molar-refractivity contribution >= 4 is 40.2 Å². The van der Waals surface area contributed by atoms with Crippen LogP contribution < -0.4 is 10.9 Å². The molecule has 3 aromatic rings. The molecule has 5 nitrogen and oxygen atoms in total. The molecule has 0 radical (unpaired) electrons. The van der Waals surface area contributed by atoms with Crippen molar-refractivity contribution in [2.24, 2.45) is 0 Å². The lowest BCUT2D eigenvalue weighted by atomic mass is 10.2. The van der Waals surface area contributed by atoms with Gasteiger partial charge in [-0.15, -0.1) is 0 Å². The normalized spacial score (nSPS) is 12.1. The van der Waals surface area contributed by atoms with Crippen LogP contribution >= 0.6 is 23.4 Å². The van der Waals surface area contributed by atoms with Gasteiger partial charge in [-0.1, -0.05) is 48.5 Å². The van der Waals surface area contributed by atoms with Crippen molar-refractivity contribution < 1.29 is 4.79 Å². The van der Waals surface area contributed by atoms with Gasteiger partial charge in [0.1, 0.15) is 0 Å². The highest BCUT2D eigenvalue weighted by molar-refractivity contribution is 7.99. The molecule has 1 aromatic heterocycles. The summed E-state index contributed by atoms with van der Waals surface area (Å²) in [7, 11) is 0. The molecular formula is C22H24ClN3O2S. The van der Waals surface area contributed by atoms with Crippen LogP contribution in [0.15, 0.2) is 58.5 Å². The Bertz CT molecular complexity index is 1070. The maximum absolute atomic E-state index is 13.2. The largest absolute Gasteiger partial charge is 0.354 e. The molecule has 0 spiro atoms. The van der Waals surface area contributed by atoms with Crippen LogP contribution in [0.1, 0.15) is 33.1 Å². The number of amides is 1. The number of carbonyl (C=O) groups is 1. The average Bonchev–Trinajstić information content (AvgIpc) is 2.71. The molecule has 1 unspecified atom stereocenters. The number of para-hydroxylation sites is 1. The predicted octanol–water partition coefficient (Wildman–Crippen LogP) is 4.83. The molecule has 0 aliphatic rings. The number of thioether (sulfide) groups is 1. The van der Waals surface area contributed by atoms with Gasteiger partial charge in [-0.3, -0.25) is 14.2 Å². The lowest BCUT2D eigenvalue weighted by Gasteiger charge is -2.14. The second-order valence-corrected chi connectivity index (χ2v) is 8.36. The van der Waals surface area contributed by atoms with Crippen LogP contribution in [0.4, 0.5) is 0 Å². The SMILES string of the molecule is CCC(C)NC(=O)CCCSc1nc2ccccc2c(=O)n1-c1cccc(Cl)c1. The number of carbonyl (C=O) groups excluding carboxylic acids is 1.